The van der Waals surface area contributed by atoms with E-state index in [0.717, 1.165) is 4.88 Å². The van der Waals surface area contributed by atoms with Gasteiger partial charge in [-0.1, -0.05) is 6.07 Å². The van der Waals surface area contributed by atoms with E-state index in [2.05, 4.69) is 21.2 Å². The molecule has 1 aromatic heterocycles. The number of carbonyl (C=O) groups is 1. The number of halogens is 2. The Morgan fingerprint density at radius 2 is 2.22 bits per heavy atom. The van der Waals surface area contributed by atoms with Crippen molar-refractivity contribution in [3.8, 4) is 0 Å². The van der Waals surface area contributed by atoms with Gasteiger partial charge in [-0.15, -0.1) is 11.3 Å². The summed E-state index contributed by atoms with van der Waals surface area (Å²) in [5, 5.41) is 4.80. The molecule has 0 bridgehead atoms. The third kappa shape index (κ3) is 2.97. The van der Waals surface area contributed by atoms with Crippen LogP contribution in [0.2, 0.25) is 0 Å². The largest absolute Gasteiger partial charge is 0.345 e. The molecule has 1 amide bonds. The van der Waals surface area contributed by atoms with Gasteiger partial charge in [-0.25, -0.2) is 4.39 Å². The van der Waals surface area contributed by atoms with Crippen molar-refractivity contribution in [2.24, 2.45) is 0 Å². The highest BCUT2D eigenvalue weighted by atomic mass is 79.9. The number of rotatable bonds is 3. The summed E-state index contributed by atoms with van der Waals surface area (Å²) in [6, 6.07) is 7.86. The van der Waals surface area contributed by atoms with Crippen LogP contribution >= 0.6 is 27.3 Å². The highest BCUT2D eigenvalue weighted by Gasteiger charge is 2.15. The van der Waals surface area contributed by atoms with E-state index in [1.807, 2.05) is 24.4 Å². The second-order valence-corrected chi connectivity index (χ2v) is 5.67. The number of thiophene rings is 1. The van der Waals surface area contributed by atoms with E-state index in [-0.39, 0.29) is 11.9 Å². The Kier molecular flexibility index (Phi) is 4.14. The minimum atomic E-state index is -0.424. The van der Waals surface area contributed by atoms with Crippen molar-refractivity contribution in [3.05, 3.63) is 56.4 Å². The smallest absolute Gasteiger partial charge is 0.253 e. The minimum absolute atomic E-state index is 0.0901. The topological polar surface area (TPSA) is 29.1 Å². The number of hydrogen-bond donors (Lipinski definition) is 1. The molecule has 0 aliphatic heterocycles. The van der Waals surface area contributed by atoms with Gasteiger partial charge >= 0.3 is 0 Å². The maximum atomic E-state index is 13.1. The predicted molar refractivity (Wildman–Crippen MR) is 74.3 cm³/mol. The van der Waals surface area contributed by atoms with E-state index >= 15 is 0 Å². The zero-order chi connectivity index (χ0) is 13.1. The summed E-state index contributed by atoms with van der Waals surface area (Å²) in [6.45, 7) is 1.90. The van der Waals surface area contributed by atoms with E-state index in [4.69, 9.17) is 0 Å². The Morgan fingerprint density at radius 3 is 2.89 bits per heavy atom. The average Bonchev–Trinajstić information content (AvgIpc) is 2.85. The second kappa shape index (κ2) is 5.63. The van der Waals surface area contributed by atoms with Gasteiger partial charge in [-0.3, -0.25) is 4.79 Å². The number of hydrogen-bond acceptors (Lipinski definition) is 2. The molecule has 2 nitrogen and oxygen atoms in total. The first-order chi connectivity index (χ1) is 8.58. The van der Waals surface area contributed by atoms with E-state index in [0.29, 0.717) is 10.0 Å². The van der Waals surface area contributed by atoms with Crippen LogP contribution in [0.5, 0.6) is 0 Å². The molecule has 2 aromatic rings. The van der Waals surface area contributed by atoms with Gasteiger partial charge in [-0.05, 0) is 52.5 Å². The molecule has 0 saturated heterocycles. The normalized spacial score (nSPS) is 12.2. The van der Waals surface area contributed by atoms with E-state index in [9.17, 15) is 9.18 Å². The first kappa shape index (κ1) is 13.2. The number of benzene rings is 1. The Balaban J connectivity index is 2.15. The van der Waals surface area contributed by atoms with E-state index < -0.39 is 5.82 Å². The van der Waals surface area contributed by atoms with Crippen molar-refractivity contribution in [2.45, 2.75) is 13.0 Å². The third-order valence-corrected chi connectivity index (χ3v) is 4.24. The zero-order valence-electron chi connectivity index (χ0n) is 9.61. The summed E-state index contributed by atoms with van der Waals surface area (Å²) in [4.78, 5) is 13.1. The van der Waals surface area contributed by atoms with Crippen molar-refractivity contribution in [2.75, 3.05) is 0 Å². The summed E-state index contributed by atoms with van der Waals surface area (Å²) in [5.41, 5.74) is 0.304. The highest BCUT2D eigenvalue weighted by Crippen LogP contribution is 2.21. The van der Waals surface area contributed by atoms with Crippen molar-refractivity contribution >= 4 is 33.2 Å². The number of nitrogens with one attached hydrogen (secondary N) is 1. The molecule has 94 valence electrons. The van der Waals surface area contributed by atoms with E-state index in [1.165, 1.54) is 18.2 Å². The molecular formula is C13H11BrFNOS. The summed E-state index contributed by atoms with van der Waals surface area (Å²) in [5.74, 6) is -0.714. The lowest BCUT2D eigenvalue weighted by molar-refractivity contribution is 0.0939. The maximum Gasteiger partial charge on any atom is 0.253 e. The molecule has 0 radical (unpaired) electrons. The first-order valence-electron chi connectivity index (χ1n) is 5.37. The van der Waals surface area contributed by atoms with Gasteiger partial charge in [0.25, 0.3) is 5.91 Å². The zero-order valence-corrected chi connectivity index (χ0v) is 12.0. The molecule has 0 aliphatic carbocycles. The molecule has 1 heterocycles. The summed E-state index contributed by atoms with van der Waals surface area (Å²) in [7, 11) is 0. The second-order valence-electron chi connectivity index (χ2n) is 3.83. The average molecular weight is 328 g/mol. The minimum Gasteiger partial charge on any atom is -0.345 e. The molecular weight excluding hydrogens is 317 g/mol. The number of carbonyl (C=O) groups excluding carboxylic acids is 1. The van der Waals surface area contributed by atoms with Crippen LogP contribution in [-0.4, -0.2) is 5.91 Å². The number of amides is 1. The van der Waals surface area contributed by atoms with Crippen LogP contribution in [0.1, 0.15) is 28.2 Å². The molecule has 0 spiro atoms. The standard InChI is InChI=1S/C13H11BrFNOS/c1-8(12-3-2-6-18-12)16-13(17)10-7-9(15)4-5-11(10)14/h2-8H,1H3,(H,16,17)/t8-/m1/s1. The van der Waals surface area contributed by atoms with Gasteiger partial charge in [0.1, 0.15) is 5.82 Å². The Hall–Kier alpha value is -1.20. The Bertz CT molecular complexity index is 556. The molecule has 1 N–H and O–H groups in total. The molecule has 0 aliphatic rings. The van der Waals surface area contributed by atoms with Gasteiger partial charge in [0, 0.05) is 9.35 Å². The molecule has 0 fully saturated rings. The lowest BCUT2D eigenvalue weighted by Crippen LogP contribution is -2.26. The SMILES string of the molecule is C[C@@H](NC(=O)c1cc(F)ccc1Br)c1cccs1. The molecule has 1 aromatic carbocycles. The van der Waals surface area contributed by atoms with Crippen LogP contribution < -0.4 is 5.32 Å². The first-order valence-corrected chi connectivity index (χ1v) is 7.04. The summed E-state index contributed by atoms with van der Waals surface area (Å²) >= 11 is 4.82. The quantitative estimate of drug-likeness (QED) is 0.901. The lowest BCUT2D eigenvalue weighted by atomic mass is 10.2. The van der Waals surface area contributed by atoms with Crippen molar-refractivity contribution in [1.29, 1.82) is 0 Å². The van der Waals surface area contributed by atoms with Crippen LogP contribution in [0.25, 0.3) is 0 Å². The van der Waals surface area contributed by atoms with Crippen LogP contribution in [0.4, 0.5) is 4.39 Å². The molecule has 18 heavy (non-hydrogen) atoms. The third-order valence-electron chi connectivity index (χ3n) is 2.49. The predicted octanol–water partition coefficient (Wildman–Crippen LogP) is 4.14. The van der Waals surface area contributed by atoms with Crippen LogP contribution in [-0.2, 0) is 0 Å². The molecule has 0 saturated carbocycles. The molecule has 1 atom stereocenters. The van der Waals surface area contributed by atoms with Crippen LogP contribution in [0.3, 0.4) is 0 Å². The molecule has 2 rings (SSSR count). The van der Waals surface area contributed by atoms with Crippen molar-refractivity contribution in [3.63, 3.8) is 0 Å². The fourth-order valence-electron chi connectivity index (χ4n) is 1.55. The van der Waals surface area contributed by atoms with Crippen molar-refractivity contribution in [1.82, 2.24) is 5.32 Å². The van der Waals surface area contributed by atoms with Crippen LogP contribution in [0, 0.1) is 5.82 Å². The Morgan fingerprint density at radius 1 is 1.44 bits per heavy atom. The van der Waals surface area contributed by atoms with Gasteiger partial charge in [0.15, 0.2) is 0 Å². The maximum absolute atomic E-state index is 13.1. The van der Waals surface area contributed by atoms with Gasteiger partial charge < -0.3 is 5.32 Å². The summed E-state index contributed by atoms with van der Waals surface area (Å²) < 4.78 is 13.7. The van der Waals surface area contributed by atoms with Gasteiger partial charge in [0.05, 0.1) is 11.6 Å². The monoisotopic (exact) mass is 327 g/mol. The van der Waals surface area contributed by atoms with E-state index in [1.54, 1.807) is 11.3 Å². The van der Waals surface area contributed by atoms with Crippen molar-refractivity contribution < 1.29 is 9.18 Å². The molecule has 0 unspecified atom stereocenters. The van der Waals surface area contributed by atoms with Crippen LogP contribution in [0.15, 0.2) is 40.2 Å². The molecule has 5 heteroatoms. The fraction of sp³-hybridized carbons (Fsp3) is 0.154. The van der Waals surface area contributed by atoms with Gasteiger partial charge in [-0.2, -0.15) is 0 Å². The highest BCUT2D eigenvalue weighted by molar-refractivity contribution is 9.10. The Labute approximate surface area is 117 Å². The fourth-order valence-corrected chi connectivity index (χ4v) is 2.72. The lowest BCUT2D eigenvalue weighted by Gasteiger charge is -2.13. The van der Waals surface area contributed by atoms with Gasteiger partial charge in [0.2, 0.25) is 0 Å². The summed E-state index contributed by atoms with van der Waals surface area (Å²) in [6.07, 6.45) is 0.